The molecule has 4 nitrogen and oxygen atoms in total. The van der Waals surface area contributed by atoms with Crippen LogP contribution in [0.25, 0.3) is 6.08 Å². The van der Waals surface area contributed by atoms with Crippen LogP contribution in [0.15, 0.2) is 65.1 Å². The third-order valence-corrected chi connectivity index (χ3v) is 5.52. The third-order valence-electron chi connectivity index (χ3n) is 4.21. The Hall–Kier alpha value is -2.57. The number of para-hydroxylation sites is 1. The van der Waals surface area contributed by atoms with Crippen LogP contribution in [0.2, 0.25) is 0 Å². The molecule has 1 N–H and O–H groups in total. The van der Waals surface area contributed by atoms with Gasteiger partial charge >= 0.3 is 0 Å². The van der Waals surface area contributed by atoms with Gasteiger partial charge in [-0.1, -0.05) is 42.2 Å². The highest BCUT2D eigenvalue weighted by atomic mass is 32.2. The van der Waals surface area contributed by atoms with Crippen molar-refractivity contribution in [2.24, 2.45) is 0 Å². The summed E-state index contributed by atoms with van der Waals surface area (Å²) >= 11 is 6.65. The van der Waals surface area contributed by atoms with Crippen molar-refractivity contribution in [2.45, 2.75) is 13.0 Å². The van der Waals surface area contributed by atoms with Crippen molar-refractivity contribution in [1.29, 1.82) is 0 Å². The molecule has 0 aliphatic carbocycles. The number of carbonyl (C=O) groups excluding carboxylic acids is 1. The quantitative estimate of drug-likeness (QED) is 0.613. The molecule has 2 aromatic rings. The van der Waals surface area contributed by atoms with Crippen LogP contribution in [-0.2, 0) is 4.79 Å². The number of fused-ring (bicyclic) bond motifs is 1. The maximum atomic E-state index is 12.8. The summed E-state index contributed by atoms with van der Waals surface area (Å²) in [5.41, 5.74) is 2.56. The van der Waals surface area contributed by atoms with Gasteiger partial charge in [0.25, 0.3) is 5.91 Å². The minimum absolute atomic E-state index is 0.145. The number of thioether (sulfide) groups is 1. The van der Waals surface area contributed by atoms with Crippen LogP contribution in [-0.4, -0.2) is 21.4 Å². The first-order chi connectivity index (χ1) is 12.5. The molecule has 0 aromatic heterocycles. The monoisotopic (exact) mass is 381 g/mol. The van der Waals surface area contributed by atoms with Gasteiger partial charge in [0.15, 0.2) is 4.32 Å². The van der Waals surface area contributed by atoms with Gasteiger partial charge in [0, 0.05) is 5.56 Å². The molecule has 1 atom stereocenters. The van der Waals surface area contributed by atoms with Crippen LogP contribution in [0.4, 0.5) is 5.69 Å². The van der Waals surface area contributed by atoms with Crippen molar-refractivity contribution in [3.8, 4) is 11.5 Å². The van der Waals surface area contributed by atoms with E-state index in [4.69, 9.17) is 17.0 Å². The first kappa shape index (κ1) is 16.9. The average Bonchev–Trinajstić information content (AvgIpc) is 2.90. The zero-order chi connectivity index (χ0) is 18.3. The molecule has 2 aromatic carbocycles. The van der Waals surface area contributed by atoms with Crippen molar-refractivity contribution in [3.63, 3.8) is 0 Å². The molecular formula is C20H15NO3S2. The van der Waals surface area contributed by atoms with Crippen LogP contribution in [0.3, 0.4) is 0 Å². The number of nitrogens with zero attached hydrogens (tertiary/aromatic N) is 1. The van der Waals surface area contributed by atoms with Gasteiger partial charge in [-0.2, -0.15) is 0 Å². The van der Waals surface area contributed by atoms with Gasteiger partial charge in [0.1, 0.15) is 17.6 Å². The Balaban J connectivity index is 1.66. The number of amides is 1. The fourth-order valence-electron chi connectivity index (χ4n) is 2.86. The Morgan fingerprint density at radius 2 is 1.92 bits per heavy atom. The van der Waals surface area contributed by atoms with Gasteiger partial charge in [-0.15, -0.1) is 0 Å². The van der Waals surface area contributed by atoms with Crippen molar-refractivity contribution in [1.82, 2.24) is 0 Å². The second-order valence-electron chi connectivity index (χ2n) is 5.98. The molecule has 0 radical (unpaired) electrons. The number of carbonyl (C=O) groups is 1. The van der Waals surface area contributed by atoms with Crippen LogP contribution < -0.4 is 9.64 Å². The molecular weight excluding hydrogens is 366 g/mol. The topological polar surface area (TPSA) is 49.8 Å². The minimum atomic E-state index is -0.169. The highest BCUT2D eigenvalue weighted by Gasteiger charge is 2.34. The molecule has 0 saturated carbocycles. The summed E-state index contributed by atoms with van der Waals surface area (Å²) in [7, 11) is 0. The molecule has 4 rings (SSSR count). The van der Waals surface area contributed by atoms with E-state index in [1.54, 1.807) is 12.1 Å². The van der Waals surface area contributed by atoms with E-state index in [9.17, 15) is 9.90 Å². The number of rotatable bonds is 2. The zero-order valence-electron chi connectivity index (χ0n) is 13.9. The molecule has 1 saturated heterocycles. The summed E-state index contributed by atoms with van der Waals surface area (Å²) in [6.07, 6.45) is 3.73. The van der Waals surface area contributed by atoms with E-state index in [1.165, 1.54) is 28.8 Å². The molecule has 1 fully saturated rings. The van der Waals surface area contributed by atoms with Crippen LogP contribution in [0.5, 0.6) is 11.5 Å². The minimum Gasteiger partial charge on any atom is -0.508 e. The maximum absolute atomic E-state index is 12.8. The first-order valence-corrected chi connectivity index (χ1v) is 9.29. The molecule has 1 amide bonds. The predicted octanol–water partition coefficient (Wildman–Crippen LogP) is 4.51. The second-order valence-corrected chi connectivity index (χ2v) is 7.65. The smallest absolute Gasteiger partial charge is 0.270 e. The summed E-state index contributed by atoms with van der Waals surface area (Å²) in [5, 5.41) is 9.43. The van der Waals surface area contributed by atoms with E-state index < -0.39 is 0 Å². The van der Waals surface area contributed by atoms with E-state index in [0.29, 0.717) is 14.9 Å². The fraction of sp³-hybridized carbons (Fsp3) is 0.100. The van der Waals surface area contributed by atoms with E-state index in [-0.39, 0.29) is 17.8 Å². The lowest BCUT2D eigenvalue weighted by molar-refractivity contribution is -0.113. The van der Waals surface area contributed by atoms with Gasteiger partial charge in [0.05, 0.1) is 10.6 Å². The summed E-state index contributed by atoms with van der Waals surface area (Å²) < 4.78 is 6.40. The van der Waals surface area contributed by atoms with Crippen molar-refractivity contribution in [2.75, 3.05) is 4.90 Å². The third kappa shape index (κ3) is 3.02. The molecule has 26 heavy (non-hydrogen) atoms. The second kappa shape index (κ2) is 6.63. The number of aromatic hydroxyl groups is 1. The molecule has 130 valence electrons. The summed E-state index contributed by atoms with van der Waals surface area (Å²) in [6.45, 7) is 1.96. The number of phenolic OH excluding ortho intramolecular Hbond substituents is 1. The van der Waals surface area contributed by atoms with Crippen molar-refractivity contribution >= 4 is 46.0 Å². The average molecular weight is 381 g/mol. The van der Waals surface area contributed by atoms with E-state index >= 15 is 0 Å². The van der Waals surface area contributed by atoms with Gasteiger partial charge in [0.2, 0.25) is 0 Å². The maximum Gasteiger partial charge on any atom is 0.270 e. The van der Waals surface area contributed by atoms with E-state index in [2.05, 4.69) is 0 Å². The number of phenols is 1. The number of thiocarbonyl (C=S) groups is 1. The number of anilines is 1. The van der Waals surface area contributed by atoms with Crippen LogP contribution in [0, 0.1) is 0 Å². The Bertz CT molecular complexity index is 963. The summed E-state index contributed by atoms with van der Waals surface area (Å²) in [5.74, 6) is 0.818. The highest BCUT2D eigenvalue weighted by Crippen LogP contribution is 2.38. The Morgan fingerprint density at radius 3 is 2.69 bits per heavy atom. The lowest BCUT2D eigenvalue weighted by Gasteiger charge is -2.23. The van der Waals surface area contributed by atoms with Gasteiger partial charge in [-0.25, -0.2) is 0 Å². The SMILES string of the molecule is CC1Oc2ccccc2C=C1/C=C1\SC(=S)N(c2ccc(O)cc2)C1=O. The summed E-state index contributed by atoms with van der Waals surface area (Å²) in [6, 6.07) is 14.2. The Morgan fingerprint density at radius 1 is 1.19 bits per heavy atom. The predicted molar refractivity (Wildman–Crippen MR) is 108 cm³/mol. The number of benzene rings is 2. The Labute approximate surface area is 160 Å². The van der Waals surface area contributed by atoms with E-state index in [1.807, 2.05) is 43.3 Å². The molecule has 2 aliphatic heterocycles. The van der Waals surface area contributed by atoms with Crippen molar-refractivity contribution in [3.05, 3.63) is 70.6 Å². The molecule has 6 heteroatoms. The van der Waals surface area contributed by atoms with E-state index in [0.717, 1.165) is 16.9 Å². The molecule has 0 bridgehead atoms. The summed E-state index contributed by atoms with van der Waals surface area (Å²) in [4.78, 5) is 14.9. The number of hydrogen-bond acceptors (Lipinski definition) is 5. The molecule has 2 aliphatic rings. The number of ether oxygens (including phenoxy) is 1. The fourth-order valence-corrected chi connectivity index (χ4v) is 4.16. The van der Waals surface area contributed by atoms with Gasteiger partial charge in [-0.3, -0.25) is 9.69 Å². The lowest BCUT2D eigenvalue weighted by atomic mass is 10.0. The largest absolute Gasteiger partial charge is 0.508 e. The zero-order valence-corrected chi connectivity index (χ0v) is 15.5. The Kier molecular flexibility index (Phi) is 4.30. The molecule has 2 heterocycles. The normalized spacial score (nSPS) is 20.8. The van der Waals surface area contributed by atoms with Crippen LogP contribution >= 0.6 is 24.0 Å². The lowest BCUT2D eigenvalue weighted by Crippen LogP contribution is -2.27. The standard InChI is InChI=1S/C20H15NO3S2/c1-12-14(10-13-4-2-3-5-17(13)24-12)11-18-19(23)21(20(25)26-18)15-6-8-16(22)9-7-15/h2-12,22H,1H3/b18-11-. The molecule has 0 spiro atoms. The number of hydrogen-bond donors (Lipinski definition) is 1. The van der Waals surface area contributed by atoms with Crippen molar-refractivity contribution < 1.29 is 14.6 Å². The van der Waals surface area contributed by atoms with Crippen LogP contribution in [0.1, 0.15) is 12.5 Å². The molecule has 1 unspecified atom stereocenters. The van der Waals surface area contributed by atoms with Gasteiger partial charge in [-0.05, 0) is 55.0 Å². The first-order valence-electron chi connectivity index (χ1n) is 8.07. The highest BCUT2D eigenvalue weighted by molar-refractivity contribution is 8.27. The van der Waals surface area contributed by atoms with Gasteiger partial charge < -0.3 is 9.84 Å².